The van der Waals surface area contributed by atoms with Crippen LogP contribution in [0.15, 0.2) is 30.5 Å². The number of amides is 1. The van der Waals surface area contributed by atoms with Gasteiger partial charge in [0.2, 0.25) is 5.91 Å². The van der Waals surface area contributed by atoms with Crippen LogP contribution in [0.5, 0.6) is 0 Å². The van der Waals surface area contributed by atoms with Gasteiger partial charge in [-0.1, -0.05) is 39.0 Å². The van der Waals surface area contributed by atoms with Gasteiger partial charge >= 0.3 is 12.1 Å². The van der Waals surface area contributed by atoms with Crippen molar-refractivity contribution in [3.05, 3.63) is 67.6 Å². The summed E-state index contributed by atoms with van der Waals surface area (Å²) in [5, 5.41) is 0.812. The van der Waals surface area contributed by atoms with Crippen LogP contribution in [0.1, 0.15) is 54.0 Å². The Morgan fingerprint density at radius 1 is 1.06 bits per heavy atom. The standard InChI is InChI=1S/C28H33N2O5/c1-26(2,3)23(31)30-22(18-12-8-9-13-18)34-24(32)28(30,7)16-19-17-29(25(33)35-27(4,5)6)21-15-11-10-14-20(19)21/h8-15,17,22H,16H2,1-7H3/t22-,28+/m0/s1. The zero-order valence-corrected chi connectivity index (χ0v) is 21.4. The van der Waals surface area contributed by atoms with E-state index in [-0.39, 0.29) is 12.3 Å². The van der Waals surface area contributed by atoms with Crippen LogP contribution in [0.25, 0.3) is 10.9 Å². The molecule has 1 aromatic heterocycles. The third kappa shape index (κ3) is 4.69. The minimum Gasteiger partial charge on any atom is -0.443 e. The van der Waals surface area contributed by atoms with Crippen molar-refractivity contribution in [1.82, 2.24) is 9.47 Å². The van der Waals surface area contributed by atoms with Crippen molar-refractivity contribution in [2.45, 2.75) is 72.3 Å². The molecule has 185 valence electrons. The van der Waals surface area contributed by atoms with Crippen molar-refractivity contribution >= 4 is 28.9 Å². The molecule has 1 saturated heterocycles. The molecule has 5 radical (unpaired) electrons. The lowest BCUT2D eigenvalue weighted by Crippen LogP contribution is -2.57. The van der Waals surface area contributed by atoms with Crippen LogP contribution in [0.2, 0.25) is 0 Å². The van der Waals surface area contributed by atoms with E-state index in [9.17, 15) is 14.4 Å². The smallest absolute Gasteiger partial charge is 0.419 e. The van der Waals surface area contributed by atoms with Gasteiger partial charge in [-0.15, -0.1) is 0 Å². The Bertz CT molecular complexity index is 1150. The van der Waals surface area contributed by atoms with Crippen LogP contribution in [0, 0.1) is 37.0 Å². The van der Waals surface area contributed by atoms with Gasteiger partial charge in [0, 0.05) is 29.3 Å². The topological polar surface area (TPSA) is 77.8 Å². The highest BCUT2D eigenvalue weighted by molar-refractivity contribution is 5.96. The molecule has 2 aromatic rings. The lowest BCUT2D eigenvalue weighted by molar-refractivity contribution is -0.148. The second-order valence-corrected chi connectivity index (χ2v) is 11.4. The fraction of sp³-hybridized carbons (Fsp3) is 0.429. The van der Waals surface area contributed by atoms with Crippen LogP contribution in [-0.2, 0) is 25.5 Å². The summed E-state index contributed by atoms with van der Waals surface area (Å²) >= 11 is 0. The maximum atomic E-state index is 13.7. The first-order valence-electron chi connectivity index (χ1n) is 11.8. The molecule has 7 nitrogen and oxygen atoms in total. The molecular weight excluding hydrogens is 444 g/mol. The molecule has 4 rings (SSSR count). The van der Waals surface area contributed by atoms with Gasteiger partial charge in [0.25, 0.3) is 0 Å². The van der Waals surface area contributed by atoms with Crippen LogP contribution in [-0.4, -0.2) is 44.8 Å². The summed E-state index contributed by atoms with van der Waals surface area (Å²) in [6.45, 7) is 12.7. The second-order valence-electron chi connectivity index (χ2n) is 11.4. The first-order chi connectivity index (χ1) is 16.2. The van der Waals surface area contributed by atoms with Crippen molar-refractivity contribution in [2.24, 2.45) is 5.41 Å². The van der Waals surface area contributed by atoms with Gasteiger partial charge in [-0.2, -0.15) is 0 Å². The van der Waals surface area contributed by atoms with E-state index >= 15 is 0 Å². The van der Waals surface area contributed by atoms with Gasteiger partial charge in [-0.25, -0.2) is 9.59 Å². The molecule has 7 heteroatoms. The zero-order chi connectivity index (χ0) is 25.8. The molecule has 0 bridgehead atoms. The normalized spacial score (nSPS) is 23.7. The minimum absolute atomic E-state index is 0.182. The molecule has 2 heterocycles. The Balaban J connectivity index is 1.77. The van der Waals surface area contributed by atoms with Gasteiger partial charge in [0.05, 0.1) is 5.52 Å². The SMILES string of the molecule is CC(C)(C)OC(=O)n1cc(C[C@]2(C)C(=O)O[C@@H]([C]3[CH][CH][CH][CH]3)N2C(=O)C(C)(C)C)c2ccccc21. The van der Waals surface area contributed by atoms with Crippen molar-refractivity contribution in [2.75, 3.05) is 0 Å². The molecule has 0 spiro atoms. The average Bonchev–Trinajstić information content (AvgIpc) is 3.44. The van der Waals surface area contributed by atoms with E-state index in [0.717, 1.165) is 16.9 Å². The van der Waals surface area contributed by atoms with Crippen LogP contribution in [0.3, 0.4) is 0 Å². The van der Waals surface area contributed by atoms with E-state index in [4.69, 9.17) is 9.47 Å². The summed E-state index contributed by atoms with van der Waals surface area (Å²) in [6, 6.07) is 7.47. The molecule has 0 unspecified atom stereocenters. The fourth-order valence-electron chi connectivity index (χ4n) is 4.48. The predicted molar refractivity (Wildman–Crippen MR) is 132 cm³/mol. The van der Waals surface area contributed by atoms with Crippen molar-refractivity contribution < 1.29 is 23.9 Å². The Labute approximate surface area is 207 Å². The Kier molecular flexibility index (Phi) is 6.27. The molecule has 1 amide bonds. The number of fused-ring (bicyclic) bond motifs is 1. The number of nitrogens with zero attached hydrogens (tertiary/aromatic N) is 2. The highest BCUT2D eigenvalue weighted by atomic mass is 16.6. The van der Waals surface area contributed by atoms with Crippen molar-refractivity contribution in [3.63, 3.8) is 0 Å². The number of para-hydroxylation sites is 1. The Hall–Kier alpha value is -2.83. The van der Waals surface area contributed by atoms with Gasteiger partial charge in [-0.3, -0.25) is 14.3 Å². The molecule has 1 saturated carbocycles. The Morgan fingerprint density at radius 3 is 2.29 bits per heavy atom. The van der Waals surface area contributed by atoms with Gasteiger partial charge in [-0.05, 0) is 65.0 Å². The first kappa shape index (κ1) is 25.3. The molecule has 1 aliphatic carbocycles. The monoisotopic (exact) mass is 477 g/mol. The molecular formula is C28H33N2O5. The maximum absolute atomic E-state index is 13.7. The van der Waals surface area contributed by atoms with E-state index in [1.165, 1.54) is 4.57 Å². The lowest BCUT2D eigenvalue weighted by Gasteiger charge is -2.39. The summed E-state index contributed by atoms with van der Waals surface area (Å²) in [5.74, 6) is 0.0826. The van der Waals surface area contributed by atoms with E-state index in [0.29, 0.717) is 5.52 Å². The van der Waals surface area contributed by atoms with Gasteiger partial charge in [0.15, 0.2) is 6.23 Å². The van der Waals surface area contributed by atoms with E-state index in [2.05, 4.69) is 0 Å². The Morgan fingerprint density at radius 2 is 1.69 bits per heavy atom. The summed E-state index contributed by atoms with van der Waals surface area (Å²) in [5.41, 5.74) is -1.24. The summed E-state index contributed by atoms with van der Waals surface area (Å²) in [7, 11) is 0. The molecule has 2 atom stereocenters. The largest absolute Gasteiger partial charge is 0.443 e. The molecule has 2 aliphatic rings. The van der Waals surface area contributed by atoms with Gasteiger partial charge in [0.1, 0.15) is 11.1 Å². The number of ether oxygens (including phenoxy) is 2. The van der Waals surface area contributed by atoms with E-state index < -0.39 is 34.8 Å². The van der Waals surface area contributed by atoms with Gasteiger partial charge < -0.3 is 9.47 Å². The van der Waals surface area contributed by atoms with Crippen LogP contribution >= 0.6 is 0 Å². The molecule has 1 aromatic carbocycles. The number of carbonyl (C=O) groups is 3. The highest BCUT2D eigenvalue weighted by Gasteiger charge is 2.58. The third-order valence-corrected chi connectivity index (χ3v) is 6.18. The van der Waals surface area contributed by atoms with Crippen molar-refractivity contribution in [3.8, 4) is 0 Å². The molecule has 35 heavy (non-hydrogen) atoms. The number of cyclic esters (lactones) is 1. The van der Waals surface area contributed by atoms with Crippen molar-refractivity contribution in [1.29, 1.82) is 0 Å². The van der Waals surface area contributed by atoms with Crippen LogP contribution < -0.4 is 0 Å². The first-order valence-corrected chi connectivity index (χ1v) is 11.8. The summed E-state index contributed by atoms with van der Waals surface area (Å²) in [6.07, 6.45) is 7.97. The number of hydrogen-bond donors (Lipinski definition) is 0. The summed E-state index contributed by atoms with van der Waals surface area (Å²) in [4.78, 5) is 41.6. The minimum atomic E-state index is -1.27. The quantitative estimate of drug-likeness (QED) is 0.589. The number of rotatable bonds is 3. The van der Waals surface area contributed by atoms with Crippen LogP contribution in [0.4, 0.5) is 4.79 Å². The van der Waals surface area contributed by atoms with E-state index in [1.807, 2.05) is 91.5 Å². The number of esters is 1. The highest BCUT2D eigenvalue weighted by Crippen LogP contribution is 2.43. The second kappa shape index (κ2) is 8.68. The number of carbonyl (C=O) groups excluding carboxylic acids is 3. The lowest BCUT2D eigenvalue weighted by atomic mass is 9.86. The average molecular weight is 478 g/mol. The number of hydrogen-bond acceptors (Lipinski definition) is 5. The summed E-state index contributed by atoms with van der Waals surface area (Å²) < 4.78 is 12.9. The fourth-order valence-corrected chi connectivity index (χ4v) is 4.48. The van der Waals surface area contributed by atoms with E-state index in [1.54, 1.807) is 18.0 Å². The molecule has 2 fully saturated rings. The zero-order valence-electron chi connectivity index (χ0n) is 21.4. The molecule has 1 aliphatic heterocycles. The third-order valence-electron chi connectivity index (χ3n) is 6.18. The molecule has 0 N–H and O–H groups in total. The maximum Gasteiger partial charge on any atom is 0.419 e. The number of aromatic nitrogens is 1. The predicted octanol–water partition coefficient (Wildman–Crippen LogP) is 4.89. The number of benzene rings is 1.